The van der Waals surface area contributed by atoms with Crippen molar-refractivity contribution in [2.24, 2.45) is 0 Å². The highest BCUT2D eigenvalue weighted by Crippen LogP contribution is 2.29. The lowest BCUT2D eigenvalue weighted by atomic mass is 10.1. The summed E-state index contributed by atoms with van der Waals surface area (Å²) in [5, 5.41) is 5.79. The normalized spacial score (nSPS) is 12.3. The molecule has 0 radical (unpaired) electrons. The molecular weight excluding hydrogens is 392 g/mol. The number of fused-ring (bicyclic) bond motifs is 1. The Morgan fingerprint density at radius 2 is 1.71 bits per heavy atom. The molecule has 0 amide bonds. The Balaban J connectivity index is 1.94. The summed E-state index contributed by atoms with van der Waals surface area (Å²) in [6.45, 7) is 2.14. The Labute approximate surface area is 140 Å². The Morgan fingerprint density at radius 1 is 0.952 bits per heavy atom. The highest BCUT2D eigenvalue weighted by atomic mass is 79.9. The number of nitrogens with zero attached hydrogens (tertiary/aromatic N) is 1. The van der Waals surface area contributed by atoms with Crippen molar-refractivity contribution < 1.29 is 0 Å². The second kappa shape index (κ2) is 6.16. The SMILES string of the molecule is CC(Nc1nccc2c(Br)cccc12)c1ccc(Br)cc1. The topological polar surface area (TPSA) is 24.9 Å². The van der Waals surface area contributed by atoms with E-state index < -0.39 is 0 Å². The zero-order valence-corrected chi connectivity index (χ0v) is 14.6. The van der Waals surface area contributed by atoms with Crippen LogP contribution in [-0.4, -0.2) is 4.98 Å². The van der Waals surface area contributed by atoms with Crippen LogP contribution in [0.25, 0.3) is 10.8 Å². The van der Waals surface area contributed by atoms with E-state index in [1.165, 1.54) is 5.56 Å². The average molecular weight is 406 g/mol. The maximum absolute atomic E-state index is 4.49. The third kappa shape index (κ3) is 3.11. The molecule has 21 heavy (non-hydrogen) atoms. The van der Waals surface area contributed by atoms with Crippen LogP contribution in [0.4, 0.5) is 5.82 Å². The Bertz CT molecular complexity index is 769. The molecule has 3 rings (SSSR count). The highest BCUT2D eigenvalue weighted by Gasteiger charge is 2.09. The lowest BCUT2D eigenvalue weighted by Crippen LogP contribution is -2.08. The van der Waals surface area contributed by atoms with E-state index in [0.717, 1.165) is 25.5 Å². The van der Waals surface area contributed by atoms with Gasteiger partial charge < -0.3 is 5.32 Å². The molecule has 0 saturated carbocycles. The molecule has 0 spiro atoms. The summed E-state index contributed by atoms with van der Waals surface area (Å²) in [7, 11) is 0. The Hall–Kier alpha value is -1.39. The molecule has 1 heterocycles. The van der Waals surface area contributed by atoms with Crippen LogP contribution >= 0.6 is 31.9 Å². The van der Waals surface area contributed by atoms with Gasteiger partial charge in [0.2, 0.25) is 0 Å². The van der Waals surface area contributed by atoms with E-state index in [9.17, 15) is 0 Å². The fourth-order valence-electron chi connectivity index (χ4n) is 2.32. The van der Waals surface area contributed by atoms with Gasteiger partial charge in [0.1, 0.15) is 5.82 Å². The monoisotopic (exact) mass is 404 g/mol. The second-order valence-electron chi connectivity index (χ2n) is 4.91. The van der Waals surface area contributed by atoms with Gasteiger partial charge in [-0.05, 0) is 36.8 Å². The first-order chi connectivity index (χ1) is 10.1. The first-order valence-corrected chi connectivity index (χ1v) is 8.29. The van der Waals surface area contributed by atoms with E-state index in [0.29, 0.717) is 0 Å². The number of hydrogen-bond acceptors (Lipinski definition) is 2. The Kier molecular flexibility index (Phi) is 4.27. The summed E-state index contributed by atoms with van der Waals surface area (Å²) in [5.41, 5.74) is 1.23. The maximum Gasteiger partial charge on any atom is 0.134 e. The lowest BCUT2D eigenvalue weighted by molar-refractivity contribution is 0.877. The van der Waals surface area contributed by atoms with Crippen molar-refractivity contribution in [1.82, 2.24) is 4.98 Å². The number of aromatic nitrogens is 1. The van der Waals surface area contributed by atoms with Crippen molar-refractivity contribution in [3.8, 4) is 0 Å². The molecule has 1 N–H and O–H groups in total. The van der Waals surface area contributed by atoms with Gasteiger partial charge in [-0.1, -0.05) is 56.1 Å². The first-order valence-electron chi connectivity index (χ1n) is 6.70. The Morgan fingerprint density at radius 3 is 2.48 bits per heavy atom. The summed E-state index contributed by atoms with van der Waals surface area (Å²) in [4.78, 5) is 4.49. The molecule has 0 aliphatic rings. The molecule has 0 aliphatic carbocycles. The number of rotatable bonds is 3. The fraction of sp³-hybridized carbons (Fsp3) is 0.118. The molecule has 0 aliphatic heterocycles. The maximum atomic E-state index is 4.49. The van der Waals surface area contributed by atoms with E-state index in [4.69, 9.17) is 0 Å². The molecule has 1 unspecified atom stereocenters. The van der Waals surface area contributed by atoms with Crippen LogP contribution < -0.4 is 5.32 Å². The minimum atomic E-state index is 0.190. The predicted molar refractivity (Wildman–Crippen MR) is 95.6 cm³/mol. The van der Waals surface area contributed by atoms with Crippen LogP contribution in [0.5, 0.6) is 0 Å². The van der Waals surface area contributed by atoms with Crippen molar-refractivity contribution in [2.45, 2.75) is 13.0 Å². The van der Waals surface area contributed by atoms with E-state index in [1.54, 1.807) is 0 Å². The standard InChI is InChI=1S/C17H14Br2N2/c1-11(12-5-7-13(18)8-6-12)21-17-15-3-2-4-16(19)14(15)9-10-20-17/h2-11H,1H3,(H,20,21). The molecular formula is C17H14Br2N2. The zero-order chi connectivity index (χ0) is 14.8. The number of halogens is 2. The molecule has 4 heteroatoms. The van der Waals surface area contributed by atoms with Gasteiger partial charge in [-0.25, -0.2) is 4.98 Å². The van der Waals surface area contributed by atoms with E-state index in [1.807, 2.05) is 24.4 Å². The van der Waals surface area contributed by atoms with Crippen LogP contribution in [-0.2, 0) is 0 Å². The van der Waals surface area contributed by atoms with Crippen molar-refractivity contribution >= 4 is 48.5 Å². The van der Waals surface area contributed by atoms with E-state index >= 15 is 0 Å². The smallest absolute Gasteiger partial charge is 0.134 e. The minimum absolute atomic E-state index is 0.190. The zero-order valence-electron chi connectivity index (χ0n) is 11.5. The summed E-state index contributed by atoms with van der Waals surface area (Å²) < 4.78 is 2.17. The number of anilines is 1. The van der Waals surface area contributed by atoms with Crippen LogP contribution in [0, 0.1) is 0 Å². The van der Waals surface area contributed by atoms with Gasteiger partial charge in [-0.3, -0.25) is 0 Å². The van der Waals surface area contributed by atoms with Crippen molar-refractivity contribution in [1.29, 1.82) is 0 Å². The molecule has 0 bridgehead atoms. The van der Waals surface area contributed by atoms with Crippen molar-refractivity contribution in [3.05, 3.63) is 69.2 Å². The van der Waals surface area contributed by atoms with Gasteiger partial charge in [0, 0.05) is 32.0 Å². The molecule has 1 aromatic heterocycles. The van der Waals surface area contributed by atoms with Crippen molar-refractivity contribution in [2.75, 3.05) is 5.32 Å². The number of hydrogen-bond donors (Lipinski definition) is 1. The summed E-state index contributed by atoms with van der Waals surface area (Å²) in [6, 6.07) is 16.7. The highest BCUT2D eigenvalue weighted by molar-refractivity contribution is 9.11. The predicted octanol–water partition coefficient (Wildman–Crippen LogP) is 5.93. The van der Waals surface area contributed by atoms with E-state index in [-0.39, 0.29) is 6.04 Å². The van der Waals surface area contributed by atoms with Gasteiger partial charge in [0.15, 0.2) is 0 Å². The van der Waals surface area contributed by atoms with Crippen LogP contribution in [0.3, 0.4) is 0 Å². The number of pyridine rings is 1. The fourth-order valence-corrected chi connectivity index (χ4v) is 3.09. The quantitative estimate of drug-likeness (QED) is 0.583. The van der Waals surface area contributed by atoms with Gasteiger partial charge in [-0.15, -0.1) is 0 Å². The molecule has 0 fully saturated rings. The van der Waals surface area contributed by atoms with Gasteiger partial charge in [0.05, 0.1) is 0 Å². The molecule has 1 atom stereocenters. The van der Waals surface area contributed by atoms with Crippen LogP contribution in [0.15, 0.2) is 63.7 Å². The number of nitrogens with one attached hydrogen (secondary N) is 1. The van der Waals surface area contributed by atoms with Crippen LogP contribution in [0.2, 0.25) is 0 Å². The summed E-state index contributed by atoms with van der Waals surface area (Å²) in [6.07, 6.45) is 1.84. The van der Waals surface area contributed by atoms with Crippen LogP contribution in [0.1, 0.15) is 18.5 Å². The lowest BCUT2D eigenvalue weighted by Gasteiger charge is -2.16. The third-order valence-electron chi connectivity index (χ3n) is 3.48. The largest absolute Gasteiger partial charge is 0.363 e. The molecule has 0 saturated heterocycles. The molecule has 3 aromatic rings. The minimum Gasteiger partial charge on any atom is -0.363 e. The first kappa shape index (κ1) is 14.5. The average Bonchev–Trinajstić information content (AvgIpc) is 2.49. The molecule has 2 aromatic carbocycles. The summed E-state index contributed by atoms with van der Waals surface area (Å²) >= 11 is 7.05. The molecule has 2 nitrogen and oxygen atoms in total. The third-order valence-corrected chi connectivity index (χ3v) is 4.70. The second-order valence-corrected chi connectivity index (χ2v) is 6.68. The van der Waals surface area contributed by atoms with Gasteiger partial charge in [-0.2, -0.15) is 0 Å². The van der Waals surface area contributed by atoms with Gasteiger partial charge >= 0.3 is 0 Å². The summed E-state index contributed by atoms with van der Waals surface area (Å²) in [5.74, 6) is 0.907. The molecule has 106 valence electrons. The number of benzene rings is 2. The van der Waals surface area contributed by atoms with Gasteiger partial charge in [0.25, 0.3) is 0 Å². The van der Waals surface area contributed by atoms with Crippen molar-refractivity contribution in [3.63, 3.8) is 0 Å². The van der Waals surface area contributed by atoms with E-state index in [2.05, 4.69) is 79.4 Å².